The van der Waals surface area contributed by atoms with Crippen LogP contribution in [-0.2, 0) is 10.0 Å². The van der Waals surface area contributed by atoms with Crippen LogP contribution in [0.2, 0.25) is 0 Å². The van der Waals surface area contributed by atoms with Crippen molar-refractivity contribution < 1.29 is 13.5 Å². The summed E-state index contributed by atoms with van der Waals surface area (Å²) in [6.45, 7) is 2.00. The zero-order chi connectivity index (χ0) is 11.5. The van der Waals surface area contributed by atoms with Crippen LogP contribution in [0, 0.1) is 6.92 Å². The van der Waals surface area contributed by atoms with E-state index in [4.69, 9.17) is 5.11 Å². The fourth-order valence-electron chi connectivity index (χ4n) is 1.06. The first-order chi connectivity index (χ1) is 6.97. The molecule has 7 heteroatoms. The number of thiophene rings is 1. The van der Waals surface area contributed by atoms with Gasteiger partial charge in [-0.25, -0.2) is 13.1 Å². The van der Waals surface area contributed by atoms with Crippen molar-refractivity contribution in [1.29, 1.82) is 0 Å². The molecule has 0 radical (unpaired) electrons. The van der Waals surface area contributed by atoms with E-state index in [2.05, 4.69) is 20.7 Å². The lowest BCUT2D eigenvalue weighted by Gasteiger charge is -2.04. The first-order valence-corrected chi connectivity index (χ1v) is 7.43. The van der Waals surface area contributed by atoms with Gasteiger partial charge in [-0.15, -0.1) is 11.3 Å². The third-order valence-electron chi connectivity index (χ3n) is 1.76. The molecule has 0 unspecified atom stereocenters. The van der Waals surface area contributed by atoms with Gasteiger partial charge >= 0.3 is 0 Å². The molecule has 0 bridgehead atoms. The molecule has 86 valence electrons. The quantitative estimate of drug-likeness (QED) is 0.809. The summed E-state index contributed by atoms with van der Waals surface area (Å²) < 4.78 is 26.7. The molecular formula is C8H12BrNO3S2. The van der Waals surface area contributed by atoms with Gasteiger partial charge in [-0.1, -0.05) is 0 Å². The van der Waals surface area contributed by atoms with Crippen LogP contribution in [0.15, 0.2) is 14.7 Å². The highest BCUT2D eigenvalue weighted by atomic mass is 79.9. The second-order valence-corrected chi connectivity index (χ2v) is 7.32. The van der Waals surface area contributed by atoms with Crippen molar-refractivity contribution in [3.05, 3.63) is 14.7 Å². The molecular weight excluding hydrogens is 302 g/mol. The molecule has 15 heavy (non-hydrogen) atoms. The van der Waals surface area contributed by atoms with Gasteiger partial charge in [-0.05, 0) is 35.3 Å². The molecule has 0 amide bonds. The normalized spacial score (nSPS) is 11.9. The maximum atomic E-state index is 11.7. The van der Waals surface area contributed by atoms with Crippen molar-refractivity contribution in [2.24, 2.45) is 0 Å². The summed E-state index contributed by atoms with van der Waals surface area (Å²) in [5.74, 6) is 0. The van der Waals surface area contributed by atoms with Crippen LogP contribution >= 0.6 is 27.3 Å². The first-order valence-electron chi connectivity index (χ1n) is 4.34. The van der Waals surface area contributed by atoms with Crippen molar-refractivity contribution in [1.82, 2.24) is 4.72 Å². The van der Waals surface area contributed by atoms with E-state index in [-0.39, 0.29) is 13.2 Å². The average molecular weight is 314 g/mol. The minimum absolute atomic E-state index is 0.0190. The van der Waals surface area contributed by atoms with Crippen molar-refractivity contribution in [2.75, 3.05) is 13.2 Å². The number of hydrogen-bond donors (Lipinski definition) is 2. The van der Waals surface area contributed by atoms with Crippen LogP contribution in [-0.4, -0.2) is 26.7 Å². The van der Waals surface area contributed by atoms with Gasteiger partial charge in [-0.2, -0.15) is 0 Å². The summed E-state index contributed by atoms with van der Waals surface area (Å²) in [6, 6.07) is 1.58. The Bertz CT molecular complexity index is 427. The van der Waals surface area contributed by atoms with E-state index in [0.717, 1.165) is 8.66 Å². The van der Waals surface area contributed by atoms with Crippen LogP contribution in [0.5, 0.6) is 0 Å². The van der Waals surface area contributed by atoms with Crippen LogP contribution < -0.4 is 4.72 Å². The first kappa shape index (κ1) is 13.1. The lowest BCUT2D eigenvalue weighted by Crippen LogP contribution is -2.25. The predicted molar refractivity (Wildman–Crippen MR) is 63.6 cm³/mol. The average Bonchev–Trinajstić information content (AvgIpc) is 2.46. The van der Waals surface area contributed by atoms with Crippen molar-refractivity contribution in [3.8, 4) is 0 Å². The zero-order valence-electron chi connectivity index (χ0n) is 8.16. The SMILES string of the molecule is Cc1sc(Br)cc1S(=O)(=O)NCCCO. The highest BCUT2D eigenvalue weighted by Gasteiger charge is 2.18. The van der Waals surface area contributed by atoms with E-state index in [1.807, 2.05) is 0 Å². The van der Waals surface area contributed by atoms with Gasteiger partial charge in [0.15, 0.2) is 0 Å². The molecule has 1 rings (SSSR count). The maximum absolute atomic E-state index is 11.7. The summed E-state index contributed by atoms with van der Waals surface area (Å²) in [7, 11) is -3.42. The van der Waals surface area contributed by atoms with Crippen LogP contribution in [0.25, 0.3) is 0 Å². The lowest BCUT2D eigenvalue weighted by molar-refractivity contribution is 0.289. The molecule has 0 spiro atoms. The highest BCUT2D eigenvalue weighted by Crippen LogP contribution is 2.29. The van der Waals surface area contributed by atoms with Gasteiger partial charge in [-0.3, -0.25) is 0 Å². The van der Waals surface area contributed by atoms with Gasteiger partial charge in [0, 0.05) is 18.0 Å². The van der Waals surface area contributed by atoms with Crippen LogP contribution in [0.4, 0.5) is 0 Å². The smallest absolute Gasteiger partial charge is 0.241 e. The van der Waals surface area contributed by atoms with Gasteiger partial charge < -0.3 is 5.11 Å². The van der Waals surface area contributed by atoms with Crippen molar-refractivity contribution in [3.63, 3.8) is 0 Å². The van der Waals surface area contributed by atoms with Gasteiger partial charge in [0.1, 0.15) is 0 Å². The van der Waals surface area contributed by atoms with E-state index in [0.29, 0.717) is 11.3 Å². The van der Waals surface area contributed by atoms with Crippen molar-refractivity contribution in [2.45, 2.75) is 18.2 Å². The monoisotopic (exact) mass is 313 g/mol. The van der Waals surface area contributed by atoms with E-state index in [1.54, 1.807) is 13.0 Å². The molecule has 0 aromatic carbocycles. The molecule has 4 nitrogen and oxygen atoms in total. The number of nitrogens with one attached hydrogen (secondary N) is 1. The number of hydrogen-bond acceptors (Lipinski definition) is 4. The summed E-state index contributed by atoms with van der Waals surface area (Å²) in [6.07, 6.45) is 0.420. The predicted octanol–water partition coefficient (Wildman–Crippen LogP) is 1.48. The third kappa shape index (κ3) is 3.53. The van der Waals surface area contributed by atoms with E-state index in [1.165, 1.54) is 11.3 Å². The highest BCUT2D eigenvalue weighted by molar-refractivity contribution is 9.11. The minimum Gasteiger partial charge on any atom is -0.396 e. The molecule has 1 heterocycles. The number of sulfonamides is 1. The summed E-state index contributed by atoms with van der Waals surface area (Å²) in [4.78, 5) is 1.05. The number of aryl methyl sites for hydroxylation is 1. The molecule has 0 aliphatic heterocycles. The number of rotatable bonds is 5. The summed E-state index contributed by atoms with van der Waals surface area (Å²) >= 11 is 4.63. The zero-order valence-corrected chi connectivity index (χ0v) is 11.4. The third-order valence-corrected chi connectivity index (χ3v) is 5.03. The Balaban J connectivity index is 2.82. The molecule has 0 aliphatic carbocycles. The molecule has 0 aliphatic rings. The largest absolute Gasteiger partial charge is 0.396 e. The minimum atomic E-state index is -3.42. The Labute approximate surface area is 102 Å². The Kier molecular flexibility index (Phi) is 4.72. The standard InChI is InChI=1S/C8H12BrNO3S2/c1-6-7(5-8(9)14-6)15(12,13)10-3-2-4-11/h5,10-11H,2-4H2,1H3. The number of aliphatic hydroxyl groups is 1. The van der Waals surface area contributed by atoms with Crippen molar-refractivity contribution >= 4 is 37.3 Å². The molecule has 0 saturated carbocycles. The molecule has 0 saturated heterocycles. The van der Waals surface area contributed by atoms with E-state index < -0.39 is 10.0 Å². The van der Waals surface area contributed by atoms with Gasteiger partial charge in [0.05, 0.1) is 8.68 Å². The molecule has 1 aromatic heterocycles. The Morgan fingerprint density at radius 3 is 2.73 bits per heavy atom. The topological polar surface area (TPSA) is 66.4 Å². The lowest BCUT2D eigenvalue weighted by atomic mass is 10.5. The summed E-state index contributed by atoms with van der Waals surface area (Å²) in [5, 5.41) is 8.55. The number of halogens is 1. The Hall–Kier alpha value is 0.0500. The molecule has 0 fully saturated rings. The van der Waals surface area contributed by atoms with Gasteiger partial charge in [0.25, 0.3) is 0 Å². The van der Waals surface area contributed by atoms with E-state index in [9.17, 15) is 8.42 Å². The summed E-state index contributed by atoms with van der Waals surface area (Å²) in [5.41, 5.74) is 0. The van der Waals surface area contributed by atoms with Crippen LogP contribution in [0.1, 0.15) is 11.3 Å². The molecule has 2 N–H and O–H groups in total. The Morgan fingerprint density at radius 1 is 1.60 bits per heavy atom. The van der Waals surface area contributed by atoms with E-state index >= 15 is 0 Å². The second-order valence-electron chi connectivity index (χ2n) is 2.95. The maximum Gasteiger partial charge on any atom is 0.241 e. The van der Waals surface area contributed by atoms with Crippen LogP contribution in [0.3, 0.4) is 0 Å². The fourth-order valence-corrected chi connectivity index (χ4v) is 4.55. The molecule has 1 aromatic rings. The fraction of sp³-hybridized carbons (Fsp3) is 0.500. The number of aliphatic hydroxyl groups excluding tert-OH is 1. The molecule has 0 atom stereocenters. The Morgan fingerprint density at radius 2 is 2.27 bits per heavy atom. The second kappa shape index (κ2) is 5.40. The van der Waals surface area contributed by atoms with Gasteiger partial charge in [0.2, 0.25) is 10.0 Å².